The summed E-state index contributed by atoms with van der Waals surface area (Å²) in [5.41, 5.74) is 0.842. The molecule has 1 saturated heterocycles. The monoisotopic (exact) mass is 510 g/mol. The molecule has 186 valence electrons. The molecule has 3 rings (SSSR count). The molecule has 1 N–H and O–H groups in total. The van der Waals surface area contributed by atoms with Crippen molar-refractivity contribution in [3.8, 4) is 5.75 Å². The SMILES string of the molecule is COc1ccc(S(=O)(=O)N(C)CC(=O)Nc2ccc(C)c(S(=O)(=O)N3CCN(C)CC3)c2)cc1. The number of sulfonamides is 2. The van der Waals surface area contributed by atoms with E-state index < -0.39 is 32.5 Å². The van der Waals surface area contributed by atoms with Gasteiger partial charge in [0, 0.05) is 38.9 Å². The number of carbonyl (C=O) groups is 1. The Kier molecular flexibility index (Phi) is 7.98. The normalized spacial score (nSPS) is 15.9. The van der Waals surface area contributed by atoms with Gasteiger partial charge in [0.15, 0.2) is 0 Å². The van der Waals surface area contributed by atoms with Gasteiger partial charge in [0.2, 0.25) is 26.0 Å². The number of anilines is 1. The van der Waals surface area contributed by atoms with Crippen molar-refractivity contribution in [2.75, 3.05) is 59.2 Å². The molecule has 1 aliphatic heterocycles. The maximum Gasteiger partial charge on any atom is 0.243 e. The standard InChI is InChI=1S/C22H30N4O6S2/c1-17-5-6-18(15-21(17)34(30,31)26-13-11-24(2)12-14-26)23-22(27)16-25(3)33(28,29)20-9-7-19(32-4)8-10-20/h5-10,15H,11-14,16H2,1-4H3,(H,23,27). The van der Waals surface area contributed by atoms with E-state index in [1.807, 2.05) is 7.05 Å². The Bertz CT molecular complexity index is 1240. The highest BCUT2D eigenvalue weighted by atomic mass is 32.2. The quantitative estimate of drug-likeness (QED) is 0.567. The molecule has 0 spiro atoms. The Morgan fingerprint density at radius 1 is 1.03 bits per heavy atom. The third-order valence-corrected chi connectivity index (χ3v) is 9.54. The van der Waals surface area contributed by atoms with Crippen LogP contribution >= 0.6 is 0 Å². The van der Waals surface area contributed by atoms with Crippen LogP contribution in [0.5, 0.6) is 5.75 Å². The van der Waals surface area contributed by atoms with Crippen LogP contribution in [0.15, 0.2) is 52.3 Å². The van der Waals surface area contributed by atoms with Crippen molar-refractivity contribution in [3.63, 3.8) is 0 Å². The zero-order valence-corrected chi connectivity index (χ0v) is 21.3. The van der Waals surface area contributed by atoms with E-state index in [-0.39, 0.29) is 15.5 Å². The number of amides is 1. The second-order valence-electron chi connectivity index (χ2n) is 8.17. The summed E-state index contributed by atoms with van der Waals surface area (Å²) in [6.45, 7) is 3.33. The lowest BCUT2D eigenvalue weighted by Crippen LogP contribution is -2.47. The van der Waals surface area contributed by atoms with Crippen molar-refractivity contribution >= 4 is 31.6 Å². The van der Waals surface area contributed by atoms with Crippen LogP contribution in [0, 0.1) is 6.92 Å². The number of methoxy groups -OCH3 is 1. The van der Waals surface area contributed by atoms with Gasteiger partial charge in [-0.2, -0.15) is 8.61 Å². The number of nitrogens with zero attached hydrogens (tertiary/aromatic N) is 3. The van der Waals surface area contributed by atoms with E-state index >= 15 is 0 Å². The van der Waals surface area contributed by atoms with Crippen LogP contribution in [0.4, 0.5) is 5.69 Å². The summed E-state index contributed by atoms with van der Waals surface area (Å²) in [4.78, 5) is 14.8. The summed E-state index contributed by atoms with van der Waals surface area (Å²) in [6.07, 6.45) is 0. The van der Waals surface area contributed by atoms with E-state index in [0.717, 1.165) is 4.31 Å². The minimum absolute atomic E-state index is 0.0273. The first-order valence-electron chi connectivity index (χ1n) is 10.6. The number of benzene rings is 2. The second kappa shape index (κ2) is 10.4. The molecule has 2 aromatic carbocycles. The third kappa shape index (κ3) is 5.76. The fourth-order valence-corrected chi connectivity index (χ4v) is 6.34. The Balaban J connectivity index is 1.72. The third-order valence-electron chi connectivity index (χ3n) is 5.69. The first-order chi connectivity index (χ1) is 15.9. The number of nitrogens with one attached hydrogen (secondary N) is 1. The predicted octanol–water partition coefficient (Wildman–Crippen LogP) is 1.20. The van der Waals surface area contributed by atoms with E-state index in [1.54, 1.807) is 19.1 Å². The molecular weight excluding hydrogens is 480 g/mol. The van der Waals surface area contributed by atoms with Crippen molar-refractivity contribution in [3.05, 3.63) is 48.0 Å². The van der Waals surface area contributed by atoms with Gasteiger partial charge in [0.25, 0.3) is 0 Å². The van der Waals surface area contributed by atoms with Gasteiger partial charge in [-0.3, -0.25) is 4.79 Å². The summed E-state index contributed by atoms with van der Waals surface area (Å²) >= 11 is 0. The molecule has 0 atom stereocenters. The first-order valence-corrected chi connectivity index (χ1v) is 13.5. The van der Waals surface area contributed by atoms with Gasteiger partial charge in [0.1, 0.15) is 5.75 Å². The molecule has 10 nitrogen and oxygen atoms in total. The number of piperazine rings is 1. The number of hydrogen-bond donors (Lipinski definition) is 1. The van der Waals surface area contributed by atoms with Crippen molar-refractivity contribution in [1.82, 2.24) is 13.5 Å². The number of ether oxygens (including phenoxy) is 1. The van der Waals surface area contributed by atoms with E-state index in [0.29, 0.717) is 37.5 Å². The number of likely N-dealkylation sites (N-methyl/N-ethyl adjacent to an activating group) is 2. The average molecular weight is 511 g/mol. The van der Waals surface area contributed by atoms with Crippen molar-refractivity contribution in [2.24, 2.45) is 0 Å². The zero-order chi connectivity index (χ0) is 25.1. The Morgan fingerprint density at radius 2 is 1.65 bits per heavy atom. The predicted molar refractivity (Wildman–Crippen MR) is 129 cm³/mol. The summed E-state index contributed by atoms with van der Waals surface area (Å²) < 4.78 is 59.3. The highest BCUT2D eigenvalue weighted by Gasteiger charge is 2.29. The molecule has 2 aromatic rings. The minimum Gasteiger partial charge on any atom is -0.497 e. The van der Waals surface area contributed by atoms with Crippen LogP contribution in [0.2, 0.25) is 0 Å². The number of aryl methyl sites for hydroxylation is 1. The van der Waals surface area contributed by atoms with Crippen LogP contribution in [0.3, 0.4) is 0 Å². The van der Waals surface area contributed by atoms with E-state index in [9.17, 15) is 21.6 Å². The summed E-state index contributed by atoms with van der Waals surface area (Å²) in [7, 11) is -2.90. The van der Waals surface area contributed by atoms with E-state index in [1.165, 1.54) is 48.8 Å². The zero-order valence-electron chi connectivity index (χ0n) is 19.7. The lowest BCUT2D eigenvalue weighted by Gasteiger charge is -2.32. The maximum absolute atomic E-state index is 13.2. The molecule has 1 amide bonds. The van der Waals surface area contributed by atoms with Crippen molar-refractivity contribution in [1.29, 1.82) is 0 Å². The smallest absolute Gasteiger partial charge is 0.243 e. The van der Waals surface area contributed by atoms with Crippen LogP contribution < -0.4 is 10.1 Å². The summed E-state index contributed by atoms with van der Waals surface area (Å²) in [5.74, 6) is -0.0765. The molecule has 1 heterocycles. The molecule has 0 saturated carbocycles. The summed E-state index contributed by atoms with van der Waals surface area (Å²) in [6, 6.07) is 10.5. The van der Waals surface area contributed by atoms with Crippen molar-refractivity contribution in [2.45, 2.75) is 16.7 Å². The Labute approximate surface area is 201 Å². The molecular formula is C22H30N4O6S2. The van der Waals surface area contributed by atoms with Gasteiger partial charge in [0.05, 0.1) is 23.4 Å². The average Bonchev–Trinajstić information content (AvgIpc) is 2.80. The fraction of sp³-hybridized carbons (Fsp3) is 0.409. The van der Waals surface area contributed by atoms with Crippen LogP contribution in [-0.2, 0) is 24.8 Å². The molecule has 0 aromatic heterocycles. The molecule has 0 radical (unpaired) electrons. The molecule has 0 aliphatic carbocycles. The van der Waals surface area contributed by atoms with Crippen molar-refractivity contribution < 1.29 is 26.4 Å². The largest absolute Gasteiger partial charge is 0.497 e. The van der Waals surface area contributed by atoms with Gasteiger partial charge < -0.3 is 15.0 Å². The minimum atomic E-state index is -3.90. The van der Waals surface area contributed by atoms with Gasteiger partial charge in [-0.25, -0.2) is 16.8 Å². The molecule has 0 unspecified atom stereocenters. The highest BCUT2D eigenvalue weighted by molar-refractivity contribution is 7.89. The fourth-order valence-electron chi connectivity index (χ4n) is 3.54. The molecule has 1 fully saturated rings. The van der Waals surface area contributed by atoms with Gasteiger partial charge in [-0.1, -0.05) is 6.07 Å². The van der Waals surface area contributed by atoms with E-state index in [2.05, 4.69) is 10.2 Å². The molecule has 0 bridgehead atoms. The highest BCUT2D eigenvalue weighted by Crippen LogP contribution is 2.25. The molecule has 1 aliphatic rings. The lowest BCUT2D eigenvalue weighted by atomic mass is 10.2. The molecule has 12 heteroatoms. The second-order valence-corrected chi connectivity index (χ2v) is 12.1. The molecule has 34 heavy (non-hydrogen) atoms. The Morgan fingerprint density at radius 3 is 2.24 bits per heavy atom. The Hall–Kier alpha value is -2.51. The van der Waals surface area contributed by atoms with Crippen LogP contribution in [0.25, 0.3) is 0 Å². The lowest BCUT2D eigenvalue weighted by molar-refractivity contribution is -0.116. The summed E-state index contributed by atoms with van der Waals surface area (Å²) in [5, 5.41) is 2.61. The van der Waals surface area contributed by atoms with Gasteiger partial charge in [-0.05, 0) is 55.9 Å². The number of carbonyl (C=O) groups excluding carboxylic acids is 1. The number of rotatable bonds is 8. The maximum atomic E-state index is 13.2. The first kappa shape index (κ1) is 26.1. The van der Waals surface area contributed by atoms with Crippen LogP contribution in [0.1, 0.15) is 5.56 Å². The topological polar surface area (TPSA) is 116 Å². The van der Waals surface area contributed by atoms with Crippen LogP contribution in [-0.4, -0.2) is 90.2 Å². The number of hydrogen-bond acceptors (Lipinski definition) is 7. The van der Waals surface area contributed by atoms with Gasteiger partial charge >= 0.3 is 0 Å². The van der Waals surface area contributed by atoms with E-state index in [4.69, 9.17) is 4.74 Å². The van der Waals surface area contributed by atoms with Gasteiger partial charge in [-0.15, -0.1) is 0 Å².